The monoisotopic (exact) mass is 273 g/mol. The fraction of sp³-hybridized carbons (Fsp3) is 0. The second kappa shape index (κ2) is 3.72. The molecule has 3 heterocycles. The molecule has 3 rings (SSSR count). The predicted octanol–water partition coefficient (Wildman–Crippen LogP) is 3.16. The van der Waals surface area contributed by atoms with Gasteiger partial charge in [-0.1, -0.05) is 12.1 Å². The Morgan fingerprint density at radius 1 is 1.06 bits per heavy atom. The summed E-state index contributed by atoms with van der Waals surface area (Å²) in [6, 6.07) is 11.8. The van der Waals surface area contributed by atoms with Crippen LogP contribution in [-0.4, -0.2) is 14.4 Å². The molecule has 0 saturated heterocycles. The Balaban J connectivity index is 2.26. The molecule has 0 radical (unpaired) electrons. The van der Waals surface area contributed by atoms with E-state index in [1.165, 1.54) is 0 Å². The van der Waals surface area contributed by atoms with Crippen LogP contribution < -0.4 is 0 Å². The zero-order valence-corrected chi connectivity index (χ0v) is 9.92. The van der Waals surface area contributed by atoms with E-state index in [9.17, 15) is 0 Å². The lowest BCUT2D eigenvalue weighted by atomic mass is 10.3. The highest BCUT2D eigenvalue weighted by Gasteiger charge is 2.06. The molecule has 0 N–H and O–H groups in total. The third-order valence-electron chi connectivity index (χ3n) is 2.39. The summed E-state index contributed by atoms with van der Waals surface area (Å²) >= 11 is 3.37. The highest BCUT2D eigenvalue weighted by atomic mass is 79.9. The van der Waals surface area contributed by atoms with Crippen LogP contribution in [0, 0.1) is 0 Å². The molecule has 0 saturated carbocycles. The van der Waals surface area contributed by atoms with Gasteiger partial charge in [0, 0.05) is 6.20 Å². The van der Waals surface area contributed by atoms with Crippen LogP contribution in [0.1, 0.15) is 0 Å². The molecule has 0 aliphatic rings. The molecule has 0 aliphatic carbocycles. The summed E-state index contributed by atoms with van der Waals surface area (Å²) in [6.07, 6.45) is 3.82. The number of rotatable bonds is 1. The number of imidazole rings is 1. The van der Waals surface area contributed by atoms with Gasteiger partial charge >= 0.3 is 0 Å². The summed E-state index contributed by atoms with van der Waals surface area (Å²) in [6.45, 7) is 0. The molecule has 0 bridgehead atoms. The fourth-order valence-electron chi connectivity index (χ4n) is 1.67. The van der Waals surface area contributed by atoms with Gasteiger partial charge in [-0.2, -0.15) is 0 Å². The van der Waals surface area contributed by atoms with Crippen LogP contribution in [0.15, 0.2) is 53.4 Å². The van der Waals surface area contributed by atoms with Crippen LogP contribution in [0.3, 0.4) is 0 Å². The minimum atomic E-state index is 0.830. The van der Waals surface area contributed by atoms with Gasteiger partial charge in [-0.3, -0.25) is 4.40 Å². The SMILES string of the molecule is Brc1cccc(-c2cnc3ccccn23)n1. The number of hydrogen-bond acceptors (Lipinski definition) is 2. The van der Waals surface area contributed by atoms with Crippen molar-refractivity contribution in [2.24, 2.45) is 0 Å². The summed E-state index contributed by atoms with van der Waals surface area (Å²) < 4.78 is 2.85. The van der Waals surface area contributed by atoms with Crippen molar-refractivity contribution in [3.05, 3.63) is 53.4 Å². The average Bonchev–Trinajstić information content (AvgIpc) is 2.72. The van der Waals surface area contributed by atoms with E-state index in [1.807, 2.05) is 53.2 Å². The van der Waals surface area contributed by atoms with E-state index in [-0.39, 0.29) is 0 Å². The van der Waals surface area contributed by atoms with Crippen molar-refractivity contribution in [3.63, 3.8) is 0 Å². The number of halogens is 1. The van der Waals surface area contributed by atoms with Gasteiger partial charge in [0.15, 0.2) is 0 Å². The third-order valence-corrected chi connectivity index (χ3v) is 2.84. The zero-order valence-electron chi connectivity index (χ0n) is 8.34. The Bertz CT molecular complexity index is 645. The molecule has 0 spiro atoms. The summed E-state index contributed by atoms with van der Waals surface area (Å²) in [7, 11) is 0. The van der Waals surface area contributed by atoms with Gasteiger partial charge in [0.2, 0.25) is 0 Å². The summed E-state index contributed by atoms with van der Waals surface area (Å²) in [5, 5.41) is 0. The Morgan fingerprint density at radius 3 is 2.88 bits per heavy atom. The van der Waals surface area contributed by atoms with Crippen LogP contribution >= 0.6 is 15.9 Å². The number of nitrogens with zero attached hydrogens (tertiary/aromatic N) is 3. The molecule has 0 aliphatic heterocycles. The molecular weight excluding hydrogens is 266 g/mol. The lowest BCUT2D eigenvalue weighted by molar-refractivity contribution is 1.16. The number of pyridine rings is 2. The van der Waals surface area contributed by atoms with Gasteiger partial charge in [0.05, 0.1) is 17.6 Å². The van der Waals surface area contributed by atoms with Gasteiger partial charge in [0.1, 0.15) is 10.3 Å². The Hall–Kier alpha value is -1.68. The predicted molar refractivity (Wildman–Crippen MR) is 66.1 cm³/mol. The molecule has 4 heteroatoms. The van der Waals surface area contributed by atoms with Crippen molar-refractivity contribution in [3.8, 4) is 11.4 Å². The van der Waals surface area contributed by atoms with Crippen molar-refractivity contribution < 1.29 is 0 Å². The maximum atomic E-state index is 4.42. The molecule has 3 nitrogen and oxygen atoms in total. The quantitative estimate of drug-likeness (QED) is 0.638. The van der Waals surface area contributed by atoms with Crippen LogP contribution in [0.2, 0.25) is 0 Å². The standard InChI is InChI=1S/C12H8BrN3/c13-11-5-3-4-9(15-11)10-8-14-12-6-1-2-7-16(10)12/h1-8H. The zero-order chi connectivity index (χ0) is 11.0. The number of aromatic nitrogens is 3. The molecule has 0 amide bonds. The van der Waals surface area contributed by atoms with E-state index in [1.54, 1.807) is 0 Å². The van der Waals surface area contributed by atoms with E-state index in [0.717, 1.165) is 21.6 Å². The van der Waals surface area contributed by atoms with Gasteiger partial charge in [0.25, 0.3) is 0 Å². The van der Waals surface area contributed by atoms with Crippen LogP contribution in [0.5, 0.6) is 0 Å². The highest BCUT2D eigenvalue weighted by Crippen LogP contribution is 2.20. The maximum absolute atomic E-state index is 4.42. The van der Waals surface area contributed by atoms with Crippen molar-refractivity contribution in [1.29, 1.82) is 0 Å². The molecular formula is C12H8BrN3. The summed E-state index contributed by atoms with van der Waals surface area (Å²) in [5.41, 5.74) is 2.84. The highest BCUT2D eigenvalue weighted by molar-refractivity contribution is 9.10. The van der Waals surface area contributed by atoms with Gasteiger partial charge in [-0.05, 0) is 40.2 Å². The molecule has 0 aromatic carbocycles. The molecule has 16 heavy (non-hydrogen) atoms. The summed E-state index contributed by atoms with van der Waals surface area (Å²) in [4.78, 5) is 8.75. The molecule has 3 aromatic heterocycles. The van der Waals surface area contributed by atoms with E-state index >= 15 is 0 Å². The summed E-state index contributed by atoms with van der Waals surface area (Å²) in [5.74, 6) is 0. The molecule has 0 unspecified atom stereocenters. The number of fused-ring (bicyclic) bond motifs is 1. The maximum Gasteiger partial charge on any atom is 0.137 e. The van der Waals surface area contributed by atoms with E-state index < -0.39 is 0 Å². The van der Waals surface area contributed by atoms with Crippen LogP contribution in [-0.2, 0) is 0 Å². The van der Waals surface area contributed by atoms with Crippen LogP contribution in [0.25, 0.3) is 17.0 Å². The Morgan fingerprint density at radius 2 is 2.00 bits per heavy atom. The minimum absolute atomic E-state index is 0.830. The second-order valence-electron chi connectivity index (χ2n) is 3.42. The minimum Gasteiger partial charge on any atom is -0.298 e. The van der Waals surface area contributed by atoms with E-state index in [2.05, 4.69) is 25.9 Å². The second-order valence-corrected chi connectivity index (χ2v) is 4.23. The lowest BCUT2D eigenvalue weighted by Crippen LogP contribution is -1.89. The molecule has 3 aromatic rings. The largest absolute Gasteiger partial charge is 0.298 e. The van der Waals surface area contributed by atoms with Crippen molar-refractivity contribution in [2.75, 3.05) is 0 Å². The van der Waals surface area contributed by atoms with Crippen molar-refractivity contribution >= 4 is 21.6 Å². The normalized spacial score (nSPS) is 10.8. The van der Waals surface area contributed by atoms with Gasteiger partial charge in [-0.15, -0.1) is 0 Å². The van der Waals surface area contributed by atoms with E-state index in [0.29, 0.717) is 0 Å². The Kier molecular flexibility index (Phi) is 2.22. The van der Waals surface area contributed by atoms with Crippen molar-refractivity contribution in [2.45, 2.75) is 0 Å². The van der Waals surface area contributed by atoms with Gasteiger partial charge < -0.3 is 0 Å². The topological polar surface area (TPSA) is 30.2 Å². The van der Waals surface area contributed by atoms with Crippen molar-refractivity contribution in [1.82, 2.24) is 14.4 Å². The first-order chi connectivity index (χ1) is 7.84. The van der Waals surface area contributed by atoms with Crippen LogP contribution in [0.4, 0.5) is 0 Å². The molecule has 78 valence electrons. The van der Waals surface area contributed by atoms with Gasteiger partial charge in [-0.25, -0.2) is 9.97 Å². The first-order valence-electron chi connectivity index (χ1n) is 4.89. The first-order valence-corrected chi connectivity index (χ1v) is 5.69. The Labute approximate surface area is 101 Å². The first kappa shape index (κ1) is 9.54. The third kappa shape index (κ3) is 1.51. The van der Waals surface area contributed by atoms with E-state index in [4.69, 9.17) is 0 Å². The average molecular weight is 274 g/mol. The lowest BCUT2D eigenvalue weighted by Gasteiger charge is -2.00. The fourth-order valence-corrected chi connectivity index (χ4v) is 2.02. The molecule has 0 fully saturated rings. The molecule has 0 atom stereocenters. The smallest absolute Gasteiger partial charge is 0.137 e. The number of hydrogen-bond donors (Lipinski definition) is 0.